The third kappa shape index (κ3) is 4.69. The number of aromatic nitrogens is 2. The molecule has 0 aliphatic heterocycles. The SMILES string of the molecule is Cn1cccc1-c1cccnc1.O=C(O)[C@@H](O)[C@H](O)C(=O)O. The van der Waals surface area contributed by atoms with E-state index in [1.54, 1.807) is 6.20 Å². The maximum Gasteiger partial charge on any atom is 0.335 e. The van der Waals surface area contributed by atoms with Crippen molar-refractivity contribution in [2.75, 3.05) is 0 Å². The van der Waals surface area contributed by atoms with Gasteiger partial charge in [0.15, 0.2) is 12.2 Å². The fourth-order valence-corrected chi connectivity index (χ4v) is 1.55. The van der Waals surface area contributed by atoms with E-state index in [0.717, 1.165) is 5.56 Å². The number of aliphatic carboxylic acids is 2. The number of aliphatic hydroxyl groups excluding tert-OH is 2. The lowest BCUT2D eigenvalue weighted by atomic mass is 10.2. The zero-order valence-corrected chi connectivity index (χ0v) is 11.7. The number of nitrogens with zero attached hydrogens (tertiary/aromatic N) is 2. The molecule has 2 atom stereocenters. The Morgan fingerprint density at radius 2 is 1.68 bits per heavy atom. The van der Waals surface area contributed by atoms with E-state index in [1.165, 1.54) is 5.69 Å². The molecule has 22 heavy (non-hydrogen) atoms. The van der Waals surface area contributed by atoms with Gasteiger partial charge in [0.1, 0.15) is 0 Å². The largest absolute Gasteiger partial charge is 0.479 e. The monoisotopic (exact) mass is 308 g/mol. The van der Waals surface area contributed by atoms with Gasteiger partial charge in [-0.15, -0.1) is 0 Å². The first-order valence-electron chi connectivity index (χ1n) is 6.18. The van der Waals surface area contributed by atoms with Crippen LogP contribution in [0.2, 0.25) is 0 Å². The van der Waals surface area contributed by atoms with Crippen LogP contribution in [0.4, 0.5) is 0 Å². The molecule has 0 radical (unpaired) electrons. The third-order valence-corrected chi connectivity index (χ3v) is 2.71. The van der Waals surface area contributed by atoms with Gasteiger partial charge in [-0.05, 0) is 24.3 Å². The van der Waals surface area contributed by atoms with Crippen molar-refractivity contribution >= 4 is 11.9 Å². The van der Waals surface area contributed by atoms with Crippen LogP contribution in [-0.2, 0) is 16.6 Å². The Bertz CT molecular complexity index is 607. The topological polar surface area (TPSA) is 133 Å². The predicted molar refractivity (Wildman–Crippen MR) is 75.9 cm³/mol. The second-order valence-corrected chi connectivity index (χ2v) is 4.31. The van der Waals surface area contributed by atoms with Gasteiger partial charge in [0, 0.05) is 36.9 Å². The summed E-state index contributed by atoms with van der Waals surface area (Å²) >= 11 is 0. The first-order chi connectivity index (χ1) is 10.3. The minimum Gasteiger partial charge on any atom is -0.479 e. The summed E-state index contributed by atoms with van der Waals surface area (Å²) in [7, 11) is 2.03. The second kappa shape index (κ2) is 7.91. The van der Waals surface area contributed by atoms with Gasteiger partial charge >= 0.3 is 11.9 Å². The molecule has 2 aromatic heterocycles. The summed E-state index contributed by atoms with van der Waals surface area (Å²) in [6.45, 7) is 0. The molecule has 2 rings (SSSR count). The van der Waals surface area contributed by atoms with Crippen LogP contribution in [-0.4, -0.2) is 54.1 Å². The van der Waals surface area contributed by atoms with Gasteiger partial charge in [0.25, 0.3) is 0 Å². The number of carboxylic acid groups (broad SMARTS) is 2. The molecule has 0 spiro atoms. The van der Waals surface area contributed by atoms with E-state index in [1.807, 2.05) is 31.6 Å². The molecule has 8 nitrogen and oxygen atoms in total. The van der Waals surface area contributed by atoms with Crippen molar-refractivity contribution in [1.82, 2.24) is 9.55 Å². The molecule has 0 fully saturated rings. The molecule has 0 aliphatic carbocycles. The van der Waals surface area contributed by atoms with E-state index in [-0.39, 0.29) is 0 Å². The fraction of sp³-hybridized carbons (Fsp3) is 0.214. The van der Waals surface area contributed by atoms with Crippen LogP contribution in [0.25, 0.3) is 11.3 Å². The number of hydrogen-bond donors (Lipinski definition) is 4. The van der Waals surface area contributed by atoms with Crippen LogP contribution in [0.15, 0.2) is 42.9 Å². The van der Waals surface area contributed by atoms with Gasteiger partial charge in [0.05, 0.1) is 0 Å². The van der Waals surface area contributed by atoms with Crippen LogP contribution >= 0.6 is 0 Å². The first-order valence-corrected chi connectivity index (χ1v) is 6.18. The molecule has 0 unspecified atom stereocenters. The number of aryl methyl sites for hydroxylation is 1. The minimum absolute atomic E-state index is 1.16. The molecular weight excluding hydrogens is 292 g/mol. The maximum absolute atomic E-state index is 9.77. The van der Waals surface area contributed by atoms with Crippen LogP contribution in [0.5, 0.6) is 0 Å². The Balaban J connectivity index is 0.000000225. The lowest BCUT2D eigenvalue weighted by Gasteiger charge is -2.07. The van der Waals surface area contributed by atoms with Crippen LogP contribution in [0.3, 0.4) is 0 Å². The number of carboxylic acids is 2. The highest BCUT2D eigenvalue weighted by atomic mass is 16.4. The smallest absolute Gasteiger partial charge is 0.335 e. The number of hydrogen-bond acceptors (Lipinski definition) is 5. The van der Waals surface area contributed by atoms with Gasteiger partial charge in [0.2, 0.25) is 0 Å². The maximum atomic E-state index is 9.77. The normalized spacial score (nSPS) is 12.7. The molecule has 2 aromatic rings. The summed E-state index contributed by atoms with van der Waals surface area (Å²) in [6, 6.07) is 8.12. The summed E-state index contributed by atoms with van der Waals surface area (Å²) in [5.41, 5.74) is 2.35. The van der Waals surface area contributed by atoms with Crippen molar-refractivity contribution in [2.24, 2.45) is 7.05 Å². The van der Waals surface area contributed by atoms with Gasteiger partial charge in [-0.3, -0.25) is 4.98 Å². The number of aliphatic hydroxyl groups is 2. The average molecular weight is 308 g/mol. The van der Waals surface area contributed by atoms with E-state index in [0.29, 0.717) is 0 Å². The lowest BCUT2D eigenvalue weighted by Crippen LogP contribution is -2.39. The van der Waals surface area contributed by atoms with E-state index >= 15 is 0 Å². The highest BCUT2D eigenvalue weighted by Gasteiger charge is 2.29. The van der Waals surface area contributed by atoms with Gasteiger partial charge in [-0.2, -0.15) is 0 Å². The van der Waals surface area contributed by atoms with Crippen LogP contribution in [0.1, 0.15) is 0 Å². The molecule has 0 saturated carbocycles. The first kappa shape index (κ1) is 17.3. The lowest BCUT2D eigenvalue weighted by molar-refractivity contribution is -0.165. The highest BCUT2D eigenvalue weighted by Crippen LogP contribution is 2.16. The van der Waals surface area contributed by atoms with Crippen LogP contribution < -0.4 is 0 Å². The van der Waals surface area contributed by atoms with E-state index in [4.69, 9.17) is 20.4 Å². The summed E-state index contributed by atoms with van der Waals surface area (Å²) in [5, 5.41) is 32.5. The van der Waals surface area contributed by atoms with E-state index in [2.05, 4.69) is 21.7 Å². The van der Waals surface area contributed by atoms with Gasteiger partial charge in [-0.25, -0.2) is 9.59 Å². The minimum atomic E-state index is -2.27. The molecule has 0 aromatic carbocycles. The second-order valence-electron chi connectivity index (χ2n) is 4.31. The molecule has 4 N–H and O–H groups in total. The van der Waals surface area contributed by atoms with E-state index < -0.39 is 24.1 Å². The van der Waals surface area contributed by atoms with Crippen molar-refractivity contribution in [3.8, 4) is 11.3 Å². The van der Waals surface area contributed by atoms with Crippen molar-refractivity contribution in [3.63, 3.8) is 0 Å². The standard InChI is InChI=1S/C10H10N2.C4H6O6/c1-12-7-3-5-10(12)9-4-2-6-11-8-9;5-1(3(7)8)2(6)4(9)10/h2-8H,1H3;1-2,5-6H,(H,7,8)(H,9,10)/t;1-,2-/m.0/s1. The average Bonchev–Trinajstić information content (AvgIpc) is 2.93. The fourth-order valence-electron chi connectivity index (χ4n) is 1.55. The quantitative estimate of drug-likeness (QED) is 0.623. The summed E-state index contributed by atoms with van der Waals surface area (Å²) in [6.07, 6.45) is 1.15. The van der Waals surface area contributed by atoms with Crippen LogP contribution in [0, 0.1) is 0 Å². The number of carbonyl (C=O) groups is 2. The molecule has 0 saturated heterocycles. The number of rotatable bonds is 4. The van der Waals surface area contributed by atoms with E-state index in [9.17, 15) is 9.59 Å². The highest BCUT2D eigenvalue weighted by molar-refractivity contribution is 5.83. The summed E-state index contributed by atoms with van der Waals surface area (Å²) in [5.74, 6) is -3.54. The molecule has 0 bridgehead atoms. The zero-order valence-electron chi connectivity index (χ0n) is 11.7. The Morgan fingerprint density at radius 3 is 2.05 bits per heavy atom. The van der Waals surface area contributed by atoms with Gasteiger partial charge in [-0.1, -0.05) is 0 Å². The third-order valence-electron chi connectivity index (χ3n) is 2.71. The Kier molecular flexibility index (Phi) is 6.24. The molecular formula is C14H16N2O6. The Morgan fingerprint density at radius 1 is 1.09 bits per heavy atom. The summed E-state index contributed by atoms with van der Waals surface area (Å²) < 4.78 is 2.08. The molecule has 2 heterocycles. The molecule has 118 valence electrons. The summed E-state index contributed by atoms with van der Waals surface area (Å²) in [4.78, 5) is 23.6. The predicted octanol–water partition coefficient (Wildman–Crippen LogP) is -0.0355. The number of pyridine rings is 1. The molecule has 8 heteroatoms. The van der Waals surface area contributed by atoms with Gasteiger partial charge < -0.3 is 25.0 Å². The Labute approximate surface area is 125 Å². The Hall–Kier alpha value is -2.71. The van der Waals surface area contributed by atoms with Crippen molar-refractivity contribution in [3.05, 3.63) is 42.9 Å². The molecule has 0 aliphatic rings. The van der Waals surface area contributed by atoms with Crippen molar-refractivity contribution < 1.29 is 30.0 Å². The van der Waals surface area contributed by atoms with Crippen molar-refractivity contribution in [1.29, 1.82) is 0 Å². The van der Waals surface area contributed by atoms with Crippen molar-refractivity contribution in [2.45, 2.75) is 12.2 Å². The molecule has 0 amide bonds. The zero-order chi connectivity index (χ0) is 16.7.